The summed E-state index contributed by atoms with van der Waals surface area (Å²) in [4.78, 5) is 17.6. The molecular formula is C16H29N3O. The van der Waals surface area contributed by atoms with Gasteiger partial charge in [0.05, 0.1) is 11.7 Å². The van der Waals surface area contributed by atoms with Gasteiger partial charge in [0.25, 0.3) is 0 Å². The van der Waals surface area contributed by atoms with Crippen LogP contribution in [0.15, 0.2) is 0 Å². The van der Waals surface area contributed by atoms with Gasteiger partial charge < -0.3 is 9.80 Å². The Morgan fingerprint density at radius 2 is 1.90 bits per heavy atom. The zero-order chi connectivity index (χ0) is 14.2. The topological polar surface area (TPSA) is 35.6 Å². The third kappa shape index (κ3) is 2.37. The second-order valence-electron chi connectivity index (χ2n) is 6.89. The summed E-state index contributed by atoms with van der Waals surface area (Å²) in [5.74, 6) is 0.399. The van der Waals surface area contributed by atoms with E-state index >= 15 is 0 Å². The molecule has 0 aromatic rings. The molecule has 3 aliphatic rings. The van der Waals surface area contributed by atoms with Crippen LogP contribution in [0.3, 0.4) is 0 Å². The van der Waals surface area contributed by atoms with Gasteiger partial charge in [-0.2, -0.15) is 0 Å². The number of nitrogens with one attached hydrogen (secondary N) is 1. The first-order chi connectivity index (χ1) is 9.66. The fourth-order valence-corrected chi connectivity index (χ4v) is 4.51. The summed E-state index contributed by atoms with van der Waals surface area (Å²) < 4.78 is 0. The van der Waals surface area contributed by atoms with Crippen LogP contribution in [0.2, 0.25) is 0 Å². The fourth-order valence-electron chi connectivity index (χ4n) is 4.51. The summed E-state index contributed by atoms with van der Waals surface area (Å²) in [6.45, 7) is 7.93. The summed E-state index contributed by atoms with van der Waals surface area (Å²) in [7, 11) is 0. The van der Waals surface area contributed by atoms with E-state index in [0.29, 0.717) is 11.9 Å². The quantitative estimate of drug-likeness (QED) is 0.858. The monoisotopic (exact) mass is 279 g/mol. The molecule has 1 atom stereocenters. The lowest BCUT2D eigenvalue weighted by Crippen LogP contribution is -2.50. The van der Waals surface area contributed by atoms with E-state index in [4.69, 9.17) is 0 Å². The molecule has 2 heterocycles. The van der Waals surface area contributed by atoms with Gasteiger partial charge in [-0.15, -0.1) is 0 Å². The first-order valence-electron chi connectivity index (χ1n) is 8.49. The number of carbonyl (C=O) groups excluding carboxylic acids is 1. The number of amides is 1. The molecule has 0 bridgehead atoms. The van der Waals surface area contributed by atoms with Crippen LogP contribution in [0.4, 0.5) is 0 Å². The van der Waals surface area contributed by atoms with Gasteiger partial charge in [-0.1, -0.05) is 19.8 Å². The lowest BCUT2D eigenvalue weighted by molar-refractivity contribution is -0.136. The number of hydrogen-bond donors (Lipinski definition) is 1. The maximum absolute atomic E-state index is 12.9. The number of carbonyl (C=O) groups is 1. The number of rotatable bonds is 3. The van der Waals surface area contributed by atoms with Gasteiger partial charge in [0.15, 0.2) is 0 Å². The molecule has 1 saturated carbocycles. The van der Waals surface area contributed by atoms with Gasteiger partial charge in [0.2, 0.25) is 5.91 Å². The normalized spacial score (nSPS) is 31.6. The number of nitrogens with zero attached hydrogens (tertiary/aromatic N) is 2. The Morgan fingerprint density at radius 3 is 2.50 bits per heavy atom. The molecule has 114 valence electrons. The minimum atomic E-state index is -0.194. The van der Waals surface area contributed by atoms with Crippen molar-refractivity contribution in [1.29, 1.82) is 0 Å². The molecule has 1 aliphatic carbocycles. The second-order valence-corrected chi connectivity index (χ2v) is 6.89. The van der Waals surface area contributed by atoms with Crippen molar-refractivity contribution in [3.05, 3.63) is 0 Å². The van der Waals surface area contributed by atoms with E-state index in [-0.39, 0.29) is 11.7 Å². The summed E-state index contributed by atoms with van der Waals surface area (Å²) >= 11 is 0. The van der Waals surface area contributed by atoms with Gasteiger partial charge in [0.1, 0.15) is 0 Å². The largest absolute Gasteiger partial charge is 0.323 e. The third-order valence-electron chi connectivity index (χ3n) is 5.49. The van der Waals surface area contributed by atoms with Crippen LogP contribution < -0.4 is 5.32 Å². The van der Waals surface area contributed by atoms with E-state index in [9.17, 15) is 4.79 Å². The van der Waals surface area contributed by atoms with Crippen LogP contribution in [-0.2, 0) is 4.79 Å². The van der Waals surface area contributed by atoms with Crippen molar-refractivity contribution >= 4 is 5.91 Å². The molecule has 0 aromatic carbocycles. The molecule has 20 heavy (non-hydrogen) atoms. The maximum atomic E-state index is 12.9. The molecule has 3 rings (SSSR count). The number of likely N-dealkylation sites (tertiary alicyclic amines) is 1. The fraction of sp³-hybridized carbons (Fsp3) is 0.938. The molecule has 2 aliphatic heterocycles. The van der Waals surface area contributed by atoms with Crippen LogP contribution >= 0.6 is 0 Å². The summed E-state index contributed by atoms with van der Waals surface area (Å²) in [5, 5.41) is 3.63. The van der Waals surface area contributed by atoms with Crippen molar-refractivity contribution in [3.63, 3.8) is 0 Å². The van der Waals surface area contributed by atoms with Crippen molar-refractivity contribution < 1.29 is 4.79 Å². The van der Waals surface area contributed by atoms with Crippen molar-refractivity contribution in [3.8, 4) is 0 Å². The first-order valence-corrected chi connectivity index (χ1v) is 8.49. The molecule has 1 N–H and O–H groups in total. The van der Waals surface area contributed by atoms with E-state index in [1.54, 1.807) is 0 Å². The Morgan fingerprint density at radius 1 is 1.25 bits per heavy atom. The highest BCUT2D eigenvalue weighted by atomic mass is 16.2. The average molecular weight is 279 g/mol. The summed E-state index contributed by atoms with van der Waals surface area (Å²) in [6.07, 6.45) is 8.24. The van der Waals surface area contributed by atoms with Crippen molar-refractivity contribution in [2.24, 2.45) is 0 Å². The molecule has 0 radical (unpaired) electrons. The van der Waals surface area contributed by atoms with Gasteiger partial charge in [0, 0.05) is 19.1 Å². The standard InChI is InChI=1S/C16H29N3O/c1-3-10-18-11-6-14(7-12-18)19-13(2)17-16(15(19)20)8-4-5-9-16/h13-14,17H,3-12H2,1-2H3. The summed E-state index contributed by atoms with van der Waals surface area (Å²) in [6, 6.07) is 0.457. The van der Waals surface area contributed by atoms with Crippen LogP contribution in [0, 0.1) is 0 Å². The van der Waals surface area contributed by atoms with Crippen LogP contribution in [-0.4, -0.2) is 53.1 Å². The molecule has 1 amide bonds. The molecule has 3 fully saturated rings. The van der Waals surface area contributed by atoms with Gasteiger partial charge in [-0.05, 0) is 45.6 Å². The van der Waals surface area contributed by atoms with Gasteiger partial charge in [-0.3, -0.25) is 10.1 Å². The molecule has 0 aromatic heterocycles. The van der Waals surface area contributed by atoms with Crippen LogP contribution in [0.1, 0.15) is 58.8 Å². The highest BCUT2D eigenvalue weighted by molar-refractivity contribution is 5.89. The van der Waals surface area contributed by atoms with Crippen molar-refractivity contribution in [2.75, 3.05) is 19.6 Å². The Balaban J connectivity index is 1.64. The predicted molar refractivity (Wildman–Crippen MR) is 80.4 cm³/mol. The lowest BCUT2D eigenvalue weighted by atomic mass is 9.96. The number of hydrogen-bond acceptors (Lipinski definition) is 3. The molecule has 2 saturated heterocycles. The van der Waals surface area contributed by atoms with Crippen LogP contribution in [0.25, 0.3) is 0 Å². The average Bonchev–Trinajstić information content (AvgIpc) is 2.99. The Kier molecular flexibility index (Phi) is 4.04. The smallest absolute Gasteiger partial charge is 0.244 e. The number of piperidine rings is 1. The van der Waals surface area contributed by atoms with Gasteiger partial charge >= 0.3 is 0 Å². The Labute approximate surface area is 122 Å². The SMILES string of the molecule is CCCN1CCC(N2C(=O)C3(CCCC3)NC2C)CC1. The summed E-state index contributed by atoms with van der Waals surface area (Å²) in [5.41, 5.74) is -0.194. The minimum absolute atomic E-state index is 0.194. The van der Waals surface area contributed by atoms with Crippen molar-refractivity contribution in [2.45, 2.75) is 76.5 Å². The molecule has 4 heteroatoms. The Bertz CT molecular complexity index is 357. The molecule has 4 nitrogen and oxygen atoms in total. The lowest BCUT2D eigenvalue weighted by Gasteiger charge is -2.38. The Hall–Kier alpha value is -0.610. The zero-order valence-corrected chi connectivity index (χ0v) is 13.0. The van der Waals surface area contributed by atoms with Crippen molar-refractivity contribution in [1.82, 2.24) is 15.1 Å². The molecular weight excluding hydrogens is 250 g/mol. The van der Waals surface area contributed by atoms with E-state index in [1.807, 2.05) is 0 Å². The molecule has 1 unspecified atom stereocenters. The van der Waals surface area contributed by atoms with Crippen LogP contribution in [0.5, 0.6) is 0 Å². The third-order valence-corrected chi connectivity index (χ3v) is 5.49. The second kappa shape index (κ2) is 5.64. The van der Waals surface area contributed by atoms with E-state index in [2.05, 4.69) is 29.0 Å². The van der Waals surface area contributed by atoms with E-state index in [1.165, 1.54) is 25.8 Å². The minimum Gasteiger partial charge on any atom is -0.323 e. The predicted octanol–water partition coefficient (Wildman–Crippen LogP) is 1.95. The van der Waals surface area contributed by atoms with E-state index < -0.39 is 0 Å². The van der Waals surface area contributed by atoms with Gasteiger partial charge in [-0.25, -0.2) is 0 Å². The maximum Gasteiger partial charge on any atom is 0.244 e. The highest BCUT2D eigenvalue weighted by Gasteiger charge is 2.52. The first kappa shape index (κ1) is 14.3. The molecule has 1 spiro atoms. The van der Waals surface area contributed by atoms with E-state index in [0.717, 1.165) is 38.8 Å². The highest BCUT2D eigenvalue weighted by Crippen LogP contribution is 2.38. The zero-order valence-electron chi connectivity index (χ0n) is 13.0.